The minimum Gasteiger partial charge on any atom is -0.370 e. The van der Waals surface area contributed by atoms with Crippen molar-refractivity contribution in [2.45, 2.75) is 13.0 Å². The van der Waals surface area contributed by atoms with Gasteiger partial charge in [0.2, 0.25) is 0 Å². The van der Waals surface area contributed by atoms with Crippen LogP contribution in [0.15, 0.2) is 54.9 Å². The number of nitrogens with one attached hydrogen (secondary N) is 1. The molecule has 1 aromatic carbocycles. The van der Waals surface area contributed by atoms with Gasteiger partial charge in [-0.3, -0.25) is 9.78 Å². The average molecular weight is 269 g/mol. The Morgan fingerprint density at radius 1 is 1.25 bits per heavy atom. The van der Waals surface area contributed by atoms with Gasteiger partial charge in [0.15, 0.2) is 0 Å². The van der Waals surface area contributed by atoms with Gasteiger partial charge in [0.1, 0.15) is 0 Å². The normalized spacial score (nSPS) is 11.7. The van der Waals surface area contributed by atoms with E-state index < -0.39 is 0 Å². The van der Waals surface area contributed by atoms with Crippen LogP contribution in [0.1, 0.15) is 17.3 Å². The summed E-state index contributed by atoms with van der Waals surface area (Å²) in [6.45, 7) is 2.66. The van der Waals surface area contributed by atoms with Crippen molar-refractivity contribution in [3.05, 3.63) is 60.4 Å². The van der Waals surface area contributed by atoms with Crippen molar-refractivity contribution in [1.82, 2.24) is 10.3 Å². The highest BCUT2D eigenvalue weighted by Crippen LogP contribution is 2.13. The number of aromatic nitrogens is 1. The van der Waals surface area contributed by atoms with E-state index in [1.165, 1.54) is 0 Å². The summed E-state index contributed by atoms with van der Waals surface area (Å²) < 4.78 is 0. The summed E-state index contributed by atoms with van der Waals surface area (Å²) in [6, 6.07) is 13.8. The van der Waals surface area contributed by atoms with Crippen molar-refractivity contribution >= 4 is 11.6 Å². The van der Waals surface area contributed by atoms with Gasteiger partial charge in [0.25, 0.3) is 5.91 Å². The van der Waals surface area contributed by atoms with Crippen LogP contribution in [0.2, 0.25) is 0 Å². The molecule has 0 saturated heterocycles. The third-order valence-corrected chi connectivity index (χ3v) is 3.31. The SMILES string of the molecule is C[C@H](CNC(=O)c1cccnc1)N(C)c1ccccc1. The molecule has 104 valence electrons. The van der Waals surface area contributed by atoms with E-state index in [4.69, 9.17) is 0 Å². The molecule has 0 aliphatic rings. The Kier molecular flexibility index (Phi) is 4.71. The maximum Gasteiger partial charge on any atom is 0.252 e. The first-order chi connectivity index (χ1) is 9.68. The third kappa shape index (κ3) is 3.57. The van der Waals surface area contributed by atoms with Crippen LogP contribution in [-0.4, -0.2) is 30.5 Å². The molecular formula is C16H19N3O. The van der Waals surface area contributed by atoms with Crippen molar-refractivity contribution in [3.63, 3.8) is 0 Å². The largest absolute Gasteiger partial charge is 0.370 e. The molecule has 2 aromatic rings. The molecule has 4 heteroatoms. The lowest BCUT2D eigenvalue weighted by Crippen LogP contribution is -2.40. The number of para-hydroxylation sites is 1. The highest BCUT2D eigenvalue weighted by atomic mass is 16.1. The Hall–Kier alpha value is -2.36. The van der Waals surface area contributed by atoms with Gasteiger partial charge in [-0.2, -0.15) is 0 Å². The number of pyridine rings is 1. The van der Waals surface area contributed by atoms with Gasteiger partial charge >= 0.3 is 0 Å². The van der Waals surface area contributed by atoms with Crippen molar-refractivity contribution < 1.29 is 4.79 Å². The molecule has 0 radical (unpaired) electrons. The van der Waals surface area contributed by atoms with Crippen molar-refractivity contribution in [3.8, 4) is 0 Å². The lowest BCUT2D eigenvalue weighted by Gasteiger charge is -2.27. The fourth-order valence-electron chi connectivity index (χ4n) is 1.89. The Morgan fingerprint density at radius 3 is 2.65 bits per heavy atom. The summed E-state index contributed by atoms with van der Waals surface area (Å²) >= 11 is 0. The number of carbonyl (C=O) groups excluding carboxylic acids is 1. The fraction of sp³-hybridized carbons (Fsp3) is 0.250. The van der Waals surface area contributed by atoms with E-state index in [9.17, 15) is 4.79 Å². The molecule has 1 amide bonds. The monoisotopic (exact) mass is 269 g/mol. The van der Waals surface area contributed by atoms with Crippen LogP contribution in [0, 0.1) is 0 Å². The molecule has 1 heterocycles. The number of benzene rings is 1. The zero-order valence-electron chi connectivity index (χ0n) is 11.8. The number of carbonyl (C=O) groups is 1. The number of nitrogens with zero attached hydrogens (tertiary/aromatic N) is 2. The predicted octanol–water partition coefficient (Wildman–Crippen LogP) is 2.34. The molecule has 1 N–H and O–H groups in total. The molecule has 20 heavy (non-hydrogen) atoms. The topological polar surface area (TPSA) is 45.2 Å². The van der Waals surface area contributed by atoms with E-state index in [2.05, 4.69) is 34.3 Å². The van der Waals surface area contributed by atoms with E-state index in [0.29, 0.717) is 12.1 Å². The second-order valence-corrected chi connectivity index (χ2v) is 4.75. The van der Waals surface area contributed by atoms with Crippen molar-refractivity contribution in [2.24, 2.45) is 0 Å². The van der Waals surface area contributed by atoms with Gasteiger partial charge in [0, 0.05) is 37.7 Å². The summed E-state index contributed by atoms with van der Waals surface area (Å²) in [5.41, 5.74) is 1.72. The standard InChI is InChI=1S/C16H19N3O/c1-13(19(2)15-8-4-3-5-9-15)11-18-16(20)14-7-6-10-17-12-14/h3-10,12-13H,11H2,1-2H3,(H,18,20)/t13-/m1/s1. The van der Waals surface area contributed by atoms with Crippen LogP contribution in [0.4, 0.5) is 5.69 Å². The molecule has 0 saturated carbocycles. The highest BCUT2D eigenvalue weighted by Gasteiger charge is 2.12. The number of hydrogen-bond donors (Lipinski definition) is 1. The van der Waals surface area contributed by atoms with Crippen LogP contribution in [-0.2, 0) is 0 Å². The molecule has 0 fully saturated rings. The van der Waals surface area contributed by atoms with Gasteiger partial charge in [-0.1, -0.05) is 18.2 Å². The van der Waals surface area contributed by atoms with E-state index in [1.54, 1.807) is 24.5 Å². The number of hydrogen-bond acceptors (Lipinski definition) is 3. The number of likely N-dealkylation sites (N-methyl/N-ethyl adjacent to an activating group) is 1. The second-order valence-electron chi connectivity index (χ2n) is 4.75. The molecule has 2 rings (SSSR count). The smallest absolute Gasteiger partial charge is 0.252 e. The van der Waals surface area contributed by atoms with Crippen LogP contribution in [0.5, 0.6) is 0 Å². The first-order valence-electron chi connectivity index (χ1n) is 6.64. The summed E-state index contributed by atoms with van der Waals surface area (Å²) in [5, 5.41) is 2.93. The molecule has 0 spiro atoms. The number of rotatable bonds is 5. The second kappa shape index (κ2) is 6.70. The number of amides is 1. The lowest BCUT2D eigenvalue weighted by molar-refractivity contribution is 0.0951. The van der Waals surface area contributed by atoms with Gasteiger partial charge < -0.3 is 10.2 Å². The van der Waals surface area contributed by atoms with Crippen LogP contribution in [0.25, 0.3) is 0 Å². The minimum absolute atomic E-state index is 0.0913. The molecule has 1 atom stereocenters. The molecule has 0 aliphatic carbocycles. The van der Waals surface area contributed by atoms with E-state index in [1.807, 2.05) is 25.2 Å². The van der Waals surface area contributed by atoms with E-state index in [0.717, 1.165) is 5.69 Å². The van der Waals surface area contributed by atoms with Crippen molar-refractivity contribution in [2.75, 3.05) is 18.5 Å². The van der Waals surface area contributed by atoms with Crippen LogP contribution in [0.3, 0.4) is 0 Å². The Bertz CT molecular complexity index is 542. The Labute approximate surface area is 119 Å². The lowest BCUT2D eigenvalue weighted by atomic mass is 10.2. The molecule has 1 aromatic heterocycles. The first kappa shape index (κ1) is 14.1. The Balaban J connectivity index is 1.89. The molecule has 4 nitrogen and oxygen atoms in total. The van der Waals surface area contributed by atoms with Crippen LogP contribution < -0.4 is 10.2 Å². The first-order valence-corrected chi connectivity index (χ1v) is 6.64. The molecular weight excluding hydrogens is 250 g/mol. The maximum absolute atomic E-state index is 11.9. The average Bonchev–Trinajstić information content (AvgIpc) is 2.53. The zero-order chi connectivity index (χ0) is 14.4. The quantitative estimate of drug-likeness (QED) is 0.906. The van der Waals surface area contributed by atoms with Gasteiger partial charge in [-0.05, 0) is 31.2 Å². The van der Waals surface area contributed by atoms with Gasteiger partial charge in [0.05, 0.1) is 5.56 Å². The molecule has 0 aliphatic heterocycles. The van der Waals surface area contributed by atoms with E-state index >= 15 is 0 Å². The predicted molar refractivity (Wildman–Crippen MR) is 80.9 cm³/mol. The van der Waals surface area contributed by atoms with Gasteiger partial charge in [-0.25, -0.2) is 0 Å². The molecule has 0 unspecified atom stereocenters. The van der Waals surface area contributed by atoms with Crippen molar-refractivity contribution in [1.29, 1.82) is 0 Å². The minimum atomic E-state index is -0.0913. The number of anilines is 1. The maximum atomic E-state index is 11.9. The third-order valence-electron chi connectivity index (χ3n) is 3.31. The summed E-state index contributed by atoms with van der Waals surface area (Å²) in [4.78, 5) is 18.0. The highest BCUT2D eigenvalue weighted by molar-refractivity contribution is 5.93. The summed E-state index contributed by atoms with van der Waals surface area (Å²) in [5.74, 6) is -0.0913. The summed E-state index contributed by atoms with van der Waals surface area (Å²) in [7, 11) is 2.02. The Morgan fingerprint density at radius 2 is 2.00 bits per heavy atom. The summed E-state index contributed by atoms with van der Waals surface area (Å²) in [6.07, 6.45) is 3.23. The van der Waals surface area contributed by atoms with Crippen LogP contribution >= 0.6 is 0 Å². The van der Waals surface area contributed by atoms with E-state index in [-0.39, 0.29) is 11.9 Å². The van der Waals surface area contributed by atoms with Gasteiger partial charge in [-0.15, -0.1) is 0 Å². The zero-order valence-corrected chi connectivity index (χ0v) is 11.8. The fourth-order valence-corrected chi connectivity index (χ4v) is 1.89. The molecule has 0 bridgehead atoms.